The Labute approximate surface area is 243 Å². The number of hydrogen-bond donors (Lipinski definition) is 1. The van der Waals surface area contributed by atoms with Gasteiger partial charge in [0.25, 0.3) is 0 Å². The SMILES string of the molecule is CC(=O)O[C@H]1[C@H]2O[C@]3(O)C(=O)[C@@H]4[C@@H](C)[C@@H]([C@@H]5C=C(C)C(=O)O5)O[C@]41[C@@]3(C)[C@@H]1CC[C@@H]3C4[C@H](OC(=O)C[C@H]4OC3(C)C)C12. The van der Waals surface area contributed by atoms with Gasteiger partial charge in [-0.25, -0.2) is 4.79 Å². The molecule has 9 rings (SSSR count). The summed E-state index contributed by atoms with van der Waals surface area (Å²) < 4.78 is 37.7. The van der Waals surface area contributed by atoms with Gasteiger partial charge < -0.3 is 33.5 Å². The first-order valence-electron chi connectivity index (χ1n) is 15.2. The van der Waals surface area contributed by atoms with Gasteiger partial charge >= 0.3 is 17.9 Å². The number of esters is 3. The maximum Gasteiger partial charge on any atom is 0.334 e. The van der Waals surface area contributed by atoms with Crippen molar-refractivity contribution >= 4 is 23.7 Å². The van der Waals surface area contributed by atoms with E-state index in [0.29, 0.717) is 12.0 Å². The van der Waals surface area contributed by atoms with Gasteiger partial charge in [-0.15, -0.1) is 0 Å². The summed E-state index contributed by atoms with van der Waals surface area (Å²) in [6.07, 6.45) is -1.19. The second-order valence-electron chi connectivity index (χ2n) is 14.6. The number of cyclic esters (lactones) is 1. The normalized spacial score (nSPS) is 56.2. The topological polar surface area (TPSA) is 144 Å². The lowest BCUT2D eigenvalue weighted by molar-refractivity contribution is -0.424. The fraction of sp³-hybridized carbons (Fsp3) is 0.806. The van der Waals surface area contributed by atoms with Crippen LogP contribution in [0.3, 0.4) is 0 Å². The van der Waals surface area contributed by atoms with Crippen molar-refractivity contribution in [1.29, 1.82) is 0 Å². The van der Waals surface area contributed by atoms with Gasteiger partial charge in [0.1, 0.15) is 30.0 Å². The third kappa shape index (κ3) is 2.83. The number of carbonyl (C=O) groups excluding carboxylic acids is 4. The van der Waals surface area contributed by atoms with E-state index in [1.54, 1.807) is 13.0 Å². The van der Waals surface area contributed by atoms with Crippen LogP contribution in [0.4, 0.5) is 0 Å². The highest BCUT2D eigenvalue weighted by Crippen LogP contribution is 2.77. The first-order chi connectivity index (χ1) is 19.7. The minimum Gasteiger partial charge on any atom is -0.461 e. The van der Waals surface area contributed by atoms with E-state index < -0.39 is 88.4 Å². The van der Waals surface area contributed by atoms with Crippen LogP contribution in [0.2, 0.25) is 0 Å². The average molecular weight is 587 g/mol. The van der Waals surface area contributed by atoms with E-state index in [0.717, 1.165) is 6.42 Å². The Morgan fingerprint density at radius 2 is 1.69 bits per heavy atom. The van der Waals surface area contributed by atoms with Crippen LogP contribution in [-0.4, -0.2) is 82.4 Å². The van der Waals surface area contributed by atoms with E-state index >= 15 is 0 Å². The van der Waals surface area contributed by atoms with E-state index in [9.17, 15) is 24.3 Å². The molecule has 3 aliphatic carbocycles. The highest BCUT2D eigenvalue weighted by atomic mass is 16.7. The monoisotopic (exact) mass is 586 g/mol. The molecule has 9 aliphatic rings. The molecule has 4 bridgehead atoms. The van der Waals surface area contributed by atoms with Crippen molar-refractivity contribution in [3.63, 3.8) is 0 Å². The summed E-state index contributed by atoms with van der Waals surface area (Å²) in [5, 5.41) is 12.3. The van der Waals surface area contributed by atoms with Crippen LogP contribution in [0.1, 0.15) is 60.8 Å². The Hall–Kier alpha value is -2.34. The van der Waals surface area contributed by atoms with Gasteiger partial charge in [-0.2, -0.15) is 0 Å². The van der Waals surface area contributed by atoms with Gasteiger partial charge in [0.2, 0.25) is 5.79 Å². The number of rotatable bonds is 2. The molecule has 0 aromatic carbocycles. The zero-order valence-electron chi connectivity index (χ0n) is 24.7. The maximum atomic E-state index is 14.4. The predicted molar refractivity (Wildman–Crippen MR) is 139 cm³/mol. The third-order valence-corrected chi connectivity index (χ3v) is 12.6. The first kappa shape index (κ1) is 27.2. The van der Waals surface area contributed by atoms with E-state index in [1.807, 2.05) is 27.7 Å². The van der Waals surface area contributed by atoms with E-state index in [4.69, 9.17) is 28.4 Å². The molecule has 8 fully saturated rings. The minimum absolute atomic E-state index is 0.0693. The number of carbonyl (C=O) groups is 4. The molecule has 0 aromatic rings. The zero-order valence-corrected chi connectivity index (χ0v) is 24.7. The summed E-state index contributed by atoms with van der Waals surface area (Å²) in [6, 6.07) is 0. The fourth-order valence-electron chi connectivity index (χ4n) is 11.2. The lowest BCUT2D eigenvalue weighted by Crippen LogP contribution is -2.81. The van der Waals surface area contributed by atoms with Crippen LogP contribution in [0.25, 0.3) is 0 Å². The van der Waals surface area contributed by atoms with E-state index in [-0.39, 0.29) is 36.2 Å². The summed E-state index contributed by atoms with van der Waals surface area (Å²) in [5.74, 6) is -6.33. The molecule has 1 N–H and O–H groups in total. The molecule has 2 unspecified atom stereocenters. The number of aliphatic hydroxyl groups is 1. The zero-order chi connectivity index (χ0) is 29.9. The molecular formula is C31H38O11. The molecule has 228 valence electrons. The van der Waals surface area contributed by atoms with Gasteiger partial charge in [-0.05, 0) is 57.4 Å². The summed E-state index contributed by atoms with van der Waals surface area (Å²) in [4.78, 5) is 52.4. The molecule has 11 heteroatoms. The van der Waals surface area contributed by atoms with Gasteiger partial charge in [0.15, 0.2) is 11.9 Å². The van der Waals surface area contributed by atoms with Crippen molar-refractivity contribution < 1.29 is 52.7 Å². The van der Waals surface area contributed by atoms with Gasteiger partial charge in [0, 0.05) is 24.3 Å². The molecule has 1 spiro atoms. The van der Waals surface area contributed by atoms with Crippen molar-refractivity contribution in [3.05, 3.63) is 11.6 Å². The second-order valence-corrected chi connectivity index (χ2v) is 14.6. The summed E-state index contributed by atoms with van der Waals surface area (Å²) in [5.41, 5.74) is -2.86. The molecule has 3 saturated carbocycles. The number of hydrogen-bond acceptors (Lipinski definition) is 11. The number of ether oxygens (including phenoxy) is 6. The highest BCUT2D eigenvalue weighted by molar-refractivity contribution is 5.95. The number of ketones is 1. The van der Waals surface area contributed by atoms with Crippen molar-refractivity contribution in [2.24, 2.45) is 40.9 Å². The summed E-state index contributed by atoms with van der Waals surface area (Å²) in [6.45, 7) is 10.7. The molecular weight excluding hydrogens is 548 g/mol. The van der Waals surface area contributed by atoms with Gasteiger partial charge in [-0.3, -0.25) is 14.4 Å². The lowest BCUT2D eigenvalue weighted by atomic mass is 9.47. The highest BCUT2D eigenvalue weighted by Gasteiger charge is 2.92. The van der Waals surface area contributed by atoms with Crippen LogP contribution in [0.5, 0.6) is 0 Å². The molecule has 0 radical (unpaired) electrons. The second kappa shape index (κ2) is 8.02. The van der Waals surface area contributed by atoms with Gasteiger partial charge in [-0.1, -0.05) is 13.8 Å². The Kier molecular flexibility index (Phi) is 5.20. The van der Waals surface area contributed by atoms with Crippen LogP contribution in [-0.2, 0) is 47.6 Å². The first-order valence-corrected chi connectivity index (χ1v) is 15.2. The van der Waals surface area contributed by atoms with Crippen LogP contribution >= 0.6 is 0 Å². The lowest BCUT2D eigenvalue weighted by Gasteiger charge is -2.67. The van der Waals surface area contributed by atoms with Crippen LogP contribution in [0.15, 0.2) is 11.6 Å². The quantitative estimate of drug-likeness (QED) is 0.372. The summed E-state index contributed by atoms with van der Waals surface area (Å²) >= 11 is 0. The Balaban J connectivity index is 1.31. The molecule has 5 saturated heterocycles. The third-order valence-electron chi connectivity index (χ3n) is 12.6. The predicted octanol–water partition coefficient (Wildman–Crippen LogP) is 1.62. The Bertz CT molecular complexity index is 1350. The maximum absolute atomic E-state index is 14.4. The Morgan fingerprint density at radius 3 is 2.36 bits per heavy atom. The summed E-state index contributed by atoms with van der Waals surface area (Å²) in [7, 11) is 0. The smallest absolute Gasteiger partial charge is 0.334 e. The fourth-order valence-corrected chi connectivity index (χ4v) is 11.2. The molecule has 15 atom stereocenters. The average Bonchev–Trinajstić information content (AvgIpc) is 3.44. The van der Waals surface area contributed by atoms with Crippen molar-refractivity contribution in [1.82, 2.24) is 0 Å². The van der Waals surface area contributed by atoms with Crippen molar-refractivity contribution in [3.8, 4) is 0 Å². The molecule has 0 amide bonds. The molecule has 0 aromatic heterocycles. The molecule has 11 nitrogen and oxygen atoms in total. The Morgan fingerprint density at radius 1 is 0.976 bits per heavy atom. The van der Waals surface area contributed by atoms with E-state index in [2.05, 4.69) is 0 Å². The minimum atomic E-state index is -2.19. The molecule has 6 heterocycles. The van der Waals surface area contributed by atoms with E-state index in [1.165, 1.54) is 6.92 Å². The number of Topliss-reactive ketones (excluding diaryl/α,β-unsaturated/α-hetero) is 1. The van der Waals surface area contributed by atoms with Crippen molar-refractivity contribution in [2.45, 2.75) is 114 Å². The van der Waals surface area contributed by atoms with Gasteiger partial charge in [0.05, 0.1) is 29.5 Å². The van der Waals surface area contributed by atoms with Crippen LogP contribution in [0, 0.1) is 40.9 Å². The largest absolute Gasteiger partial charge is 0.461 e. The van der Waals surface area contributed by atoms with Crippen LogP contribution < -0.4 is 0 Å². The standard InChI is InChI=1S/C31H38O11/c1-11-9-17(38-27(11)35)22-12(2)21-25(34)31(36)29(6)15-8-7-14-19-16(40-28(14,4)5)10-18(33)39-23(19)20(15)24(42-31)26(37-13(3)32)30(21,29)41-22/h9,12,14-17,19-24,26,36H,7-8,10H2,1-6H3/t12-,14-,15-,16-,17+,19?,20?,21+,22+,23+,24+,26+,29-,30-,31-/m1/s1. The molecule has 6 aliphatic heterocycles. The van der Waals surface area contributed by atoms with Crippen molar-refractivity contribution in [2.75, 3.05) is 0 Å². The molecule has 42 heavy (non-hydrogen) atoms.